The number of rotatable bonds is 7. The van der Waals surface area contributed by atoms with E-state index in [2.05, 4.69) is 5.32 Å². The number of carbonyl (C=O) groups excluding carboxylic acids is 1. The summed E-state index contributed by atoms with van der Waals surface area (Å²) in [5.74, 6) is 1.41. The normalized spacial score (nSPS) is 11.6. The van der Waals surface area contributed by atoms with E-state index in [0.717, 1.165) is 11.1 Å². The van der Waals surface area contributed by atoms with Crippen molar-refractivity contribution in [3.8, 4) is 17.2 Å². The minimum absolute atomic E-state index is 0.123. The van der Waals surface area contributed by atoms with Gasteiger partial charge in [0.15, 0.2) is 11.5 Å². The average molecular weight is 364 g/mol. The first kappa shape index (κ1) is 18.9. The Kier molecular flexibility index (Phi) is 6.53. The monoisotopic (exact) mass is 363 g/mol. The Balaban J connectivity index is 2.14. The molecule has 25 heavy (non-hydrogen) atoms. The fraction of sp³-hybridized carbons (Fsp3) is 0.316. The van der Waals surface area contributed by atoms with Crippen LogP contribution in [0.25, 0.3) is 0 Å². The van der Waals surface area contributed by atoms with Crippen molar-refractivity contribution < 1.29 is 19.0 Å². The van der Waals surface area contributed by atoms with E-state index in [0.29, 0.717) is 22.3 Å². The molecule has 0 fully saturated rings. The van der Waals surface area contributed by atoms with Gasteiger partial charge in [0.2, 0.25) is 11.7 Å². The molecule has 1 N–H and O–H groups in total. The van der Waals surface area contributed by atoms with E-state index in [9.17, 15) is 4.79 Å². The molecule has 0 aromatic heterocycles. The lowest BCUT2D eigenvalue weighted by Gasteiger charge is -2.17. The zero-order valence-electron chi connectivity index (χ0n) is 14.8. The second-order valence-corrected chi connectivity index (χ2v) is 5.93. The van der Waals surface area contributed by atoms with Crippen molar-refractivity contribution in [1.82, 2.24) is 5.32 Å². The van der Waals surface area contributed by atoms with Gasteiger partial charge in [0.1, 0.15) is 0 Å². The van der Waals surface area contributed by atoms with Gasteiger partial charge in [-0.25, -0.2) is 0 Å². The van der Waals surface area contributed by atoms with E-state index in [1.54, 1.807) is 32.4 Å². The highest BCUT2D eigenvalue weighted by Gasteiger charge is 2.17. The fourth-order valence-corrected chi connectivity index (χ4v) is 2.92. The van der Waals surface area contributed by atoms with Crippen molar-refractivity contribution in [2.75, 3.05) is 21.3 Å². The SMILES string of the molecule is COc1cc(CC(=O)NC(C)c2ccccc2Cl)cc(OC)c1OC. The molecule has 5 nitrogen and oxygen atoms in total. The summed E-state index contributed by atoms with van der Waals surface area (Å²) in [5.41, 5.74) is 1.64. The molecule has 0 saturated heterocycles. The molecule has 0 aliphatic carbocycles. The lowest BCUT2D eigenvalue weighted by atomic mass is 10.1. The molecule has 134 valence electrons. The van der Waals surface area contributed by atoms with E-state index in [1.807, 2.05) is 25.1 Å². The number of amides is 1. The molecule has 0 aliphatic heterocycles. The van der Waals surface area contributed by atoms with Gasteiger partial charge in [0.25, 0.3) is 0 Å². The summed E-state index contributed by atoms with van der Waals surface area (Å²) >= 11 is 6.18. The largest absolute Gasteiger partial charge is 0.493 e. The van der Waals surface area contributed by atoms with E-state index >= 15 is 0 Å². The Hall–Kier alpha value is -2.40. The summed E-state index contributed by atoms with van der Waals surface area (Å²) in [7, 11) is 4.62. The minimum Gasteiger partial charge on any atom is -0.493 e. The number of methoxy groups -OCH3 is 3. The second-order valence-electron chi connectivity index (χ2n) is 5.52. The number of halogens is 1. The second kappa shape index (κ2) is 8.62. The van der Waals surface area contributed by atoms with Crippen LogP contribution in [0, 0.1) is 0 Å². The fourth-order valence-electron chi connectivity index (χ4n) is 2.62. The Morgan fingerprint density at radius 2 is 1.68 bits per heavy atom. The first-order chi connectivity index (χ1) is 12.0. The molecule has 1 amide bonds. The summed E-state index contributed by atoms with van der Waals surface area (Å²) in [5, 5.41) is 3.58. The predicted octanol–water partition coefficient (Wildman–Crippen LogP) is 3.79. The van der Waals surface area contributed by atoms with Crippen molar-refractivity contribution >= 4 is 17.5 Å². The quantitative estimate of drug-likeness (QED) is 0.813. The van der Waals surface area contributed by atoms with Crippen molar-refractivity contribution in [2.24, 2.45) is 0 Å². The van der Waals surface area contributed by atoms with Gasteiger partial charge in [-0.2, -0.15) is 0 Å². The Labute approximate surface area is 152 Å². The van der Waals surface area contributed by atoms with Gasteiger partial charge in [-0.15, -0.1) is 0 Å². The number of nitrogens with one attached hydrogen (secondary N) is 1. The van der Waals surface area contributed by atoms with Crippen molar-refractivity contribution in [2.45, 2.75) is 19.4 Å². The lowest BCUT2D eigenvalue weighted by molar-refractivity contribution is -0.121. The molecular weight excluding hydrogens is 342 g/mol. The van der Waals surface area contributed by atoms with Crippen LogP contribution in [-0.2, 0) is 11.2 Å². The number of benzene rings is 2. The molecular formula is C19H22ClNO4. The summed E-state index contributed by atoms with van der Waals surface area (Å²) in [6.07, 6.45) is 0.186. The smallest absolute Gasteiger partial charge is 0.224 e. The third-order valence-corrected chi connectivity index (χ3v) is 4.18. The summed E-state index contributed by atoms with van der Waals surface area (Å²) in [6.45, 7) is 1.90. The lowest BCUT2D eigenvalue weighted by Crippen LogP contribution is -2.28. The average Bonchev–Trinajstić information content (AvgIpc) is 2.60. The third kappa shape index (κ3) is 4.57. The summed E-state index contributed by atoms with van der Waals surface area (Å²) in [6, 6.07) is 10.8. The molecule has 2 aromatic rings. The molecule has 0 bridgehead atoms. The Morgan fingerprint density at radius 3 is 2.20 bits per heavy atom. The molecule has 1 unspecified atom stereocenters. The topological polar surface area (TPSA) is 56.8 Å². The maximum Gasteiger partial charge on any atom is 0.224 e. The molecule has 0 radical (unpaired) electrons. The highest BCUT2D eigenvalue weighted by molar-refractivity contribution is 6.31. The number of hydrogen-bond acceptors (Lipinski definition) is 4. The summed E-state index contributed by atoms with van der Waals surface area (Å²) < 4.78 is 15.9. The molecule has 0 spiro atoms. The van der Waals surface area contributed by atoms with Gasteiger partial charge in [0.05, 0.1) is 33.8 Å². The van der Waals surface area contributed by atoms with Crippen LogP contribution in [0.1, 0.15) is 24.1 Å². The van der Waals surface area contributed by atoms with Crippen LogP contribution in [0.15, 0.2) is 36.4 Å². The first-order valence-electron chi connectivity index (χ1n) is 7.82. The van der Waals surface area contributed by atoms with Gasteiger partial charge in [-0.05, 0) is 36.2 Å². The standard InChI is InChI=1S/C19H22ClNO4/c1-12(14-7-5-6-8-15(14)20)21-18(22)11-13-9-16(23-2)19(25-4)17(10-13)24-3/h5-10,12H,11H2,1-4H3,(H,21,22). The minimum atomic E-state index is -0.191. The number of ether oxygens (including phenoxy) is 3. The molecule has 2 rings (SSSR count). The van der Waals surface area contributed by atoms with Crippen LogP contribution >= 0.6 is 11.6 Å². The van der Waals surface area contributed by atoms with Gasteiger partial charge in [-0.1, -0.05) is 29.8 Å². The molecule has 0 heterocycles. The van der Waals surface area contributed by atoms with Gasteiger partial charge in [-0.3, -0.25) is 4.79 Å². The van der Waals surface area contributed by atoms with Gasteiger partial charge < -0.3 is 19.5 Å². The van der Waals surface area contributed by atoms with Crippen LogP contribution in [0.3, 0.4) is 0 Å². The molecule has 6 heteroatoms. The molecule has 2 aromatic carbocycles. The van der Waals surface area contributed by atoms with Crippen LogP contribution in [0.5, 0.6) is 17.2 Å². The summed E-state index contributed by atoms with van der Waals surface area (Å²) in [4.78, 5) is 12.4. The van der Waals surface area contributed by atoms with Gasteiger partial charge in [0, 0.05) is 5.02 Å². The van der Waals surface area contributed by atoms with Crippen LogP contribution in [-0.4, -0.2) is 27.2 Å². The maximum absolute atomic E-state index is 12.4. The number of carbonyl (C=O) groups is 1. The van der Waals surface area contributed by atoms with E-state index in [4.69, 9.17) is 25.8 Å². The highest BCUT2D eigenvalue weighted by Crippen LogP contribution is 2.38. The molecule has 1 atom stereocenters. The van der Waals surface area contributed by atoms with E-state index < -0.39 is 0 Å². The van der Waals surface area contributed by atoms with E-state index in [-0.39, 0.29) is 18.4 Å². The molecule has 0 aliphatic rings. The zero-order chi connectivity index (χ0) is 18.4. The first-order valence-corrected chi connectivity index (χ1v) is 8.20. The van der Waals surface area contributed by atoms with E-state index in [1.165, 1.54) is 7.11 Å². The van der Waals surface area contributed by atoms with Crippen molar-refractivity contribution in [3.05, 3.63) is 52.5 Å². The van der Waals surface area contributed by atoms with Crippen LogP contribution in [0.2, 0.25) is 5.02 Å². The Morgan fingerprint density at radius 1 is 1.08 bits per heavy atom. The van der Waals surface area contributed by atoms with Crippen molar-refractivity contribution in [3.63, 3.8) is 0 Å². The highest BCUT2D eigenvalue weighted by atomic mass is 35.5. The van der Waals surface area contributed by atoms with Crippen molar-refractivity contribution in [1.29, 1.82) is 0 Å². The van der Waals surface area contributed by atoms with Gasteiger partial charge >= 0.3 is 0 Å². The third-order valence-electron chi connectivity index (χ3n) is 3.84. The Bertz CT molecular complexity index is 723. The molecule has 0 saturated carbocycles. The number of hydrogen-bond donors (Lipinski definition) is 1. The predicted molar refractivity (Wildman–Crippen MR) is 97.8 cm³/mol. The van der Waals surface area contributed by atoms with Crippen LogP contribution < -0.4 is 19.5 Å². The van der Waals surface area contributed by atoms with Crippen LogP contribution in [0.4, 0.5) is 0 Å². The maximum atomic E-state index is 12.4. The zero-order valence-corrected chi connectivity index (χ0v) is 15.5.